The first-order valence-corrected chi connectivity index (χ1v) is 4.00. The predicted octanol–water partition coefficient (Wildman–Crippen LogP) is -0.364. The molecule has 0 aliphatic rings. The summed E-state index contributed by atoms with van der Waals surface area (Å²) < 4.78 is 22.8. The van der Waals surface area contributed by atoms with Gasteiger partial charge in [-0.1, -0.05) is 6.92 Å². The van der Waals surface area contributed by atoms with Crippen LogP contribution < -0.4 is 0 Å². The molecule has 61 valence electrons. The standard InChI is InChI=1S/C5H10O4S.Na/c1-4(3-10(7)8)5(6)9-2;/h4H,3H2,1-2H3,(H,7,8);. The van der Waals surface area contributed by atoms with Crippen LogP contribution in [0.1, 0.15) is 6.92 Å². The number of ether oxygens (including phenoxy) is 1. The molecule has 6 heteroatoms. The van der Waals surface area contributed by atoms with Crippen LogP contribution in [-0.2, 0) is 20.6 Å². The minimum Gasteiger partial charge on any atom is -0.469 e. The third-order valence-electron chi connectivity index (χ3n) is 0.996. The van der Waals surface area contributed by atoms with E-state index in [4.69, 9.17) is 4.55 Å². The maximum Gasteiger partial charge on any atom is 0.309 e. The van der Waals surface area contributed by atoms with Gasteiger partial charge in [0.2, 0.25) is 0 Å². The zero-order chi connectivity index (χ0) is 8.15. The van der Waals surface area contributed by atoms with Gasteiger partial charge in [0.15, 0.2) is 11.1 Å². The fourth-order valence-electron chi connectivity index (χ4n) is 0.483. The molecule has 0 aromatic carbocycles. The average Bonchev–Trinajstić information content (AvgIpc) is 1.85. The van der Waals surface area contributed by atoms with Gasteiger partial charge in [0.1, 0.15) is 0 Å². The topological polar surface area (TPSA) is 63.6 Å². The smallest absolute Gasteiger partial charge is 0.309 e. The van der Waals surface area contributed by atoms with Crippen molar-refractivity contribution in [1.29, 1.82) is 0 Å². The Labute approximate surface area is 90.3 Å². The second-order valence-electron chi connectivity index (χ2n) is 1.91. The van der Waals surface area contributed by atoms with Crippen molar-refractivity contribution in [3.63, 3.8) is 0 Å². The molecule has 0 bridgehead atoms. The molecule has 2 atom stereocenters. The number of hydrogen-bond acceptors (Lipinski definition) is 3. The second-order valence-corrected chi connectivity index (χ2v) is 2.89. The molecule has 0 heterocycles. The molecule has 0 aliphatic carbocycles. The number of hydrogen-bond donors (Lipinski definition) is 1. The zero-order valence-electron chi connectivity index (χ0n) is 6.86. The minimum absolute atomic E-state index is 0. The largest absolute Gasteiger partial charge is 0.469 e. The third-order valence-corrected chi connectivity index (χ3v) is 1.78. The van der Waals surface area contributed by atoms with Crippen molar-refractivity contribution < 1.29 is 18.3 Å². The van der Waals surface area contributed by atoms with E-state index < -0.39 is 23.0 Å². The molecule has 0 spiro atoms. The summed E-state index contributed by atoms with van der Waals surface area (Å²) >= 11 is -1.92. The molecule has 0 aliphatic heterocycles. The van der Waals surface area contributed by atoms with Crippen LogP contribution in [0.25, 0.3) is 0 Å². The number of carbonyl (C=O) groups is 1. The first kappa shape index (κ1) is 14.1. The van der Waals surface area contributed by atoms with E-state index in [9.17, 15) is 9.00 Å². The quantitative estimate of drug-likeness (QED) is 0.374. The number of methoxy groups -OCH3 is 1. The summed E-state index contributed by atoms with van der Waals surface area (Å²) in [6.45, 7) is 1.54. The van der Waals surface area contributed by atoms with Crippen LogP contribution in [0.3, 0.4) is 0 Å². The van der Waals surface area contributed by atoms with Crippen molar-refractivity contribution in [3.8, 4) is 0 Å². The number of rotatable bonds is 3. The van der Waals surface area contributed by atoms with Crippen LogP contribution in [0, 0.1) is 5.92 Å². The maximum atomic E-state index is 10.6. The maximum absolute atomic E-state index is 10.6. The average molecular weight is 189 g/mol. The van der Waals surface area contributed by atoms with Gasteiger partial charge < -0.3 is 9.29 Å². The van der Waals surface area contributed by atoms with E-state index in [0.29, 0.717) is 0 Å². The van der Waals surface area contributed by atoms with Gasteiger partial charge in [0.25, 0.3) is 0 Å². The van der Waals surface area contributed by atoms with E-state index in [1.165, 1.54) is 7.11 Å². The Balaban J connectivity index is 0. The van der Waals surface area contributed by atoms with Gasteiger partial charge in [-0.2, -0.15) is 0 Å². The number of esters is 1. The third kappa shape index (κ3) is 6.96. The van der Waals surface area contributed by atoms with E-state index in [2.05, 4.69) is 4.74 Å². The first-order chi connectivity index (χ1) is 4.57. The molecule has 0 saturated carbocycles. The summed E-state index contributed by atoms with van der Waals surface area (Å²) in [6.07, 6.45) is 0. The van der Waals surface area contributed by atoms with Crippen molar-refractivity contribution in [2.24, 2.45) is 5.92 Å². The summed E-state index contributed by atoms with van der Waals surface area (Å²) in [7, 11) is 1.25. The van der Waals surface area contributed by atoms with Crippen LogP contribution in [0.15, 0.2) is 0 Å². The van der Waals surface area contributed by atoms with Gasteiger partial charge >= 0.3 is 5.97 Å². The summed E-state index contributed by atoms with van der Waals surface area (Å²) in [5.41, 5.74) is 0. The van der Waals surface area contributed by atoms with E-state index >= 15 is 0 Å². The Morgan fingerprint density at radius 2 is 2.18 bits per heavy atom. The summed E-state index contributed by atoms with van der Waals surface area (Å²) in [5.74, 6) is -1.02. The first-order valence-electron chi connectivity index (χ1n) is 2.73. The Morgan fingerprint density at radius 3 is 2.45 bits per heavy atom. The molecule has 0 fully saturated rings. The molecule has 2 unspecified atom stereocenters. The summed E-state index contributed by atoms with van der Waals surface area (Å²) in [4.78, 5) is 10.6. The second kappa shape index (κ2) is 7.24. The van der Waals surface area contributed by atoms with Crippen molar-refractivity contribution in [2.45, 2.75) is 6.92 Å². The van der Waals surface area contributed by atoms with Gasteiger partial charge in [-0.05, 0) is 0 Å². The SMILES string of the molecule is COC(=O)C(C)CS(=O)O.[Na]. The molecule has 0 rings (SSSR count). The minimum atomic E-state index is -1.92. The van der Waals surface area contributed by atoms with Gasteiger partial charge in [-0.25, -0.2) is 4.21 Å². The normalized spacial score (nSPS) is 14.5. The van der Waals surface area contributed by atoms with Crippen molar-refractivity contribution in [2.75, 3.05) is 12.9 Å². The molecule has 0 amide bonds. The van der Waals surface area contributed by atoms with Crippen LogP contribution in [-0.4, -0.2) is 57.2 Å². The molecule has 1 radical (unpaired) electrons. The predicted molar refractivity (Wildman–Crippen MR) is 42.6 cm³/mol. The molecule has 1 N–H and O–H groups in total. The summed E-state index contributed by atoms with van der Waals surface area (Å²) in [6, 6.07) is 0. The molecule has 4 nitrogen and oxygen atoms in total. The van der Waals surface area contributed by atoms with Gasteiger partial charge in [0.05, 0.1) is 18.8 Å². The zero-order valence-corrected chi connectivity index (χ0v) is 9.68. The monoisotopic (exact) mass is 189 g/mol. The van der Waals surface area contributed by atoms with Gasteiger partial charge in [-0.15, -0.1) is 0 Å². The summed E-state index contributed by atoms with van der Waals surface area (Å²) in [5, 5.41) is 0. The molecule has 0 saturated heterocycles. The van der Waals surface area contributed by atoms with Crippen molar-refractivity contribution >= 4 is 46.6 Å². The molecule has 11 heavy (non-hydrogen) atoms. The molecular weight excluding hydrogens is 179 g/mol. The van der Waals surface area contributed by atoms with Gasteiger partial charge in [-0.3, -0.25) is 4.79 Å². The van der Waals surface area contributed by atoms with Crippen LogP contribution in [0.4, 0.5) is 0 Å². The van der Waals surface area contributed by atoms with Crippen molar-refractivity contribution in [1.82, 2.24) is 0 Å². The van der Waals surface area contributed by atoms with E-state index in [1.54, 1.807) is 6.92 Å². The van der Waals surface area contributed by atoms with Crippen LogP contribution in [0.2, 0.25) is 0 Å². The molecular formula is C5H10NaO4S. The fraction of sp³-hybridized carbons (Fsp3) is 0.800. The Hall–Kier alpha value is 0.580. The van der Waals surface area contributed by atoms with Gasteiger partial charge in [0, 0.05) is 29.6 Å². The Bertz CT molecular complexity index is 149. The van der Waals surface area contributed by atoms with E-state index in [-0.39, 0.29) is 35.3 Å². The van der Waals surface area contributed by atoms with E-state index in [1.807, 2.05) is 0 Å². The van der Waals surface area contributed by atoms with Crippen LogP contribution >= 0.6 is 0 Å². The number of carbonyl (C=O) groups excluding carboxylic acids is 1. The molecule has 0 aromatic rings. The van der Waals surface area contributed by atoms with Crippen molar-refractivity contribution in [3.05, 3.63) is 0 Å². The Kier molecular flexibility index (Phi) is 9.30. The Morgan fingerprint density at radius 1 is 1.73 bits per heavy atom. The fourth-order valence-corrected chi connectivity index (χ4v) is 1.05. The van der Waals surface area contributed by atoms with Crippen LogP contribution in [0.5, 0.6) is 0 Å². The molecule has 0 aromatic heterocycles. The van der Waals surface area contributed by atoms with E-state index in [0.717, 1.165) is 0 Å².